The number of anilines is 2. The third kappa shape index (κ3) is 2.07. The first kappa shape index (κ1) is 13.2. The summed E-state index contributed by atoms with van der Waals surface area (Å²) in [6.45, 7) is 0. The summed E-state index contributed by atoms with van der Waals surface area (Å²) in [5.41, 5.74) is -0.655. The van der Waals surface area contributed by atoms with Gasteiger partial charge in [0.05, 0.1) is 5.56 Å². The van der Waals surface area contributed by atoms with Gasteiger partial charge in [0.25, 0.3) is 0 Å². The number of aromatic nitrogens is 1. The molecule has 2 bridgehead atoms. The second-order valence-corrected chi connectivity index (χ2v) is 6.53. The molecule has 4 unspecified atom stereocenters. The van der Waals surface area contributed by atoms with Crippen LogP contribution in [0.15, 0.2) is 12.1 Å². The van der Waals surface area contributed by atoms with Crippen LogP contribution in [0.4, 0.5) is 24.8 Å². The molecule has 3 saturated carbocycles. The molecule has 3 fully saturated rings. The van der Waals surface area contributed by atoms with E-state index < -0.39 is 11.7 Å². The van der Waals surface area contributed by atoms with Gasteiger partial charge in [0.1, 0.15) is 11.6 Å². The normalized spacial score (nSPS) is 36.5. The molecule has 1 heterocycles. The molecule has 3 aliphatic carbocycles. The van der Waals surface area contributed by atoms with E-state index in [-0.39, 0.29) is 5.82 Å². The van der Waals surface area contributed by atoms with Crippen molar-refractivity contribution in [2.75, 3.05) is 17.7 Å². The highest BCUT2D eigenvalue weighted by molar-refractivity contribution is 5.51. The Labute approximate surface area is 121 Å². The van der Waals surface area contributed by atoms with Crippen molar-refractivity contribution in [1.82, 2.24) is 4.98 Å². The Morgan fingerprint density at radius 2 is 1.71 bits per heavy atom. The summed E-state index contributed by atoms with van der Waals surface area (Å²) in [7, 11) is 1.58. The smallest absolute Gasteiger partial charge is 0.373 e. The van der Waals surface area contributed by atoms with Crippen molar-refractivity contribution in [3.63, 3.8) is 0 Å². The van der Waals surface area contributed by atoms with Crippen LogP contribution in [0, 0.1) is 23.7 Å². The topological polar surface area (TPSA) is 37.0 Å². The fourth-order valence-corrected chi connectivity index (χ4v) is 4.59. The Kier molecular flexibility index (Phi) is 2.69. The lowest BCUT2D eigenvalue weighted by Crippen LogP contribution is -2.15. The van der Waals surface area contributed by atoms with Gasteiger partial charge in [0.15, 0.2) is 0 Å². The summed E-state index contributed by atoms with van der Waals surface area (Å²) >= 11 is 0. The molecule has 0 aliphatic heterocycles. The third-order valence-corrected chi connectivity index (χ3v) is 5.46. The maximum absolute atomic E-state index is 12.9. The monoisotopic (exact) mass is 297 g/mol. The molecule has 0 radical (unpaired) electrons. The van der Waals surface area contributed by atoms with E-state index >= 15 is 0 Å². The van der Waals surface area contributed by atoms with Gasteiger partial charge in [-0.15, -0.1) is 0 Å². The number of rotatable bonds is 3. The van der Waals surface area contributed by atoms with Crippen molar-refractivity contribution in [3.05, 3.63) is 17.7 Å². The van der Waals surface area contributed by atoms with Crippen LogP contribution in [0.5, 0.6) is 0 Å². The molecule has 0 saturated heterocycles. The quantitative estimate of drug-likeness (QED) is 0.895. The van der Waals surface area contributed by atoms with E-state index in [9.17, 15) is 13.2 Å². The van der Waals surface area contributed by atoms with Crippen LogP contribution < -0.4 is 10.6 Å². The molecule has 0 aromatic carbocycles. The van der Waals surface area contributed by atoms with Gasteiger partial charge in [-0.3, -0.25) is 0 Å². The van der Waals surface area contributed by atoms with Crippen LogP contribution in [0.1, 0.15) is 24.8 Å². The van der Waals surface area contributed by atoms with Gasteiger partial charge in [-0.05, 0) is 55.1 Å². The maximum atomic E-state index is 12.9. The number of halogens is 3. The number of alkyl halides is 3. The second kappa shape index (κ2) is 4.27. The van der Waals surface area contributed by atoms with E-state index in [0.29, 0.717) is 23.7 Å². The van der Waals surface area contributed by atoms with Gasteiger partial charge in [-0.2, -0.15) is 13.2 Å². The van der Waals surface area contributed by atoms with Gasteiger partial charge in [-0.1, -0.05) is 0 Å². The average Bonchev–Trinajstić information content (AvgIpc) is 2.84. The van der Waals surface area contributed by atoms with E-state index in [0.717, 1.165) is 24.0 Å². The SMILES string of the molecule is CNc1cc(C(F)(F)F)cc(NC2C3C4CCC(C4)C23)n1. The van der Waals surface area contributed by atoms with Gasteiger partial charge >= 0.3 is 6.18 Å². The number of nitrogens with zero attached hydrogens (tertiary/aromatic N) is 1. The summed E-state index contributed by atoms with van der Waals surface area (Å²) in [6.07, 6.45) is -0.432. The van der Waals surface area contributed by atoms with E-state index in [2.05, 4.69) is 15.6 Å². The summed E-state index contributed by atoms with van der Waals surface area (Å²) in [5.74, 6) is 3.49. The van der Waals surface area contributed by atoms with Crippen LogP contribution in [0.3, 0.4) is 0 Å². The minimum absolute atomic E-state index is 0.251. The lowest BCUT2D eigenvalue weighted by molar-refractivity contribution is -0.137. The Bertz CT molecular complexity index is 556. The predicted molar refractivity (Wildman–Crippen MR) is 74.0 cm³/mol. The standard InChI is InChI=1S/C15H18F3N3/c1-19-10-5-9(15(16,17)18)6-11(20-10)21-14-12-7-2-3-8(4-7)13(12)14/h5-8,12-14H,2-4H2,1H3,(H2,19,20,21). The molecule has 0 amide bonds. The molecule has 4 atom stereocenters. The molecule has 1 aromatic rings. The highest BCUT2D eigenvalue weighted by Gasteiger charge is 2.65. The van der Waals surface area contributed by atoms with E-state index in [1.54, 1.807) is 7.05 Å². The number of hydrogen-bond donors (Lipinski definition) is 2. The molecule has 114 valence electrons. The Balaban J connectivity index is 1.56. The summed E-state index contributed by atoms with van der Waals surface area (Å²) in [6, 6.07) is 2.50. The van der Waals surface area contributed by atoms with Crippen molar-refractivity contribution in [3.8, 4) is 0 Å². The lowest BCUT2D eigenvalue weighted by atomic mass is 10.0. The minimum Gasteiger partial charge on any atom is -0.373 e. The highest BCUT2D eigenvalue weighted by Crippen LogP contribution is 2.66. The van der Waals surface area contributed by atoms with Gasteiger partial charge in [-0.25, -0.2) is 4.98 Å². The zero-order valence-electron chi connectivity index (χ0n) is 11.7. The molecule has 0 spiro atoms. The minimum atomic E-state index is -4.34. The highest BCUT2D eigenvalue weighted by atomic mass is 19.4. The molecule has 2 N–H and O–H groups in total. The molecule has 1 aromatic heterocycles. The molecule has 3 aliphatic rings. The van der Waals surface area contributed by atoms with E-state index in [1.165, 1.54) is 19.3 Å². The van der Waals surface area contributed by atoms with E-state index in [1.807, 2.05) is 0 Å². The zero-order chi connectivity index (χ0) is 14.8. The Morgan fingerprint density at radius 1 is 1.10 bits per heavy atom. The third-order valence-electron chi connectivity index (χ3n) is 5.46. The van der Waals surface area contributed by atoms with E-state index in [4.69, 9.17) is 0 Å². The molecular weight excluding hydrogens is 279 g/mol. The molecular formula is C15H18F3N3. The molecule has 4 rings (SSSR count). The Morgan fingerprint density at radius 3 is 2.29 bits per heavy atom. The molecule has 21 heavy (non-hydrogen) atoms. The first-order chi connectivity index (χ1) is 9.97. The molecule has 6 heteroatoms. The number of hydrogen-bond acceptors (Lipinski definition) is 3. The van der Waals surface area contributed by atoms with Crippen molar-refractivity contribution in [2.45, 2.75) is 31.5 Å². The Hall–Kier alpha value is -1.46. The van der Waals surface area contributed by atoms with Gasteiger partial charge in [0.2, 0.25) is 0 Å². The lowest BCUT2D eigenvalue weighted by Gasteiger charge is -2.14. The van der Waals surface area contributed by atoms with Gasteiger partial charge in [0, 0.05) is 13.1 Å². The molecule has 3 nitrogen and oxygen atoms in total. The first-order valence-electron chi connectivity index (χ1n) is 7.51. The summed E-state index contributed by atoms with van der Waals surface area (Å²) < 4.78 is 38.8. The zero-order valence-corrected chi connectivity index (χ0v) is 11.7. The largest absolute Gasteiger partial charge is 0.416 e. The number of pyridine rings is 1. The van der Waals surface area contributed by atoms with Crippen LogP contribution in [0.2, 0.25) is 0 Å². The fourth-order valence-electron chi connectivity index (χ4n) is 4.59. The van der Waals surface area contributed by atoms with Crippen molar-refractivity contribution in [1.29, 1.82) is 0 Å². The fraction of sp³-hybridized carbons (Fsp3) is 0.667. The number of fused-ring (bicyclic) bond motifs is 5. The van der Waals surface area contributed by atoms with Crippen molar-refractivity contribution in [2.24, 2.45) is 23.7 Å². The van der Waals surface area contributed by atoms with Crippen LogP contribution in [0.25, 0.3) is 0 Å². The van der Waals surface area contributed by atoms with Crippen LogP contribution >= 0.6 is 0 Å². The second-order valence-electron chi connectivity index (χ2n) is 6.53. The van der Waals surface area contributed by atoms with Crippen LogP contribution in [-0.2, 0) is 6.18 Å². The first-order valence-corrected chi connectivity index (χ1v) is 7.51. The van der Waals surface area contributed by atoms with Gasteiger partial charge < -0.3 is 10.6 Å². The van der Waals surface area contributed by atoms with Crippen LogP contribution in [-0.4, -0.2) is 18.1 Å². The average molecular weight is 297 g/mol. The van der Waals surface area contributed by atoms with Crippen molar-refractivity contribution < 1.29 is 13.2 Å². The summed E-state index contributed by atoms with van der Waals surface area (Å²) in [5, 5.41) is 5.96. The maximum Gasteiger partial charge on any atom is 0.416 e. The number of nitrogens with one attached hydrogen (secondary N) is 2. The van der Waals surface area contributed by atoms with Crippen molar-refractivity contribution >= 4 is 11.6 Å². The predicted octanol–water partition coefficient (Wildman–Crippen LogP) is 3.60. The summed E-state index contributed by atoms with van der Waals surface area (Å²) in [4.78, 5) is 4.22.